The average molecular weight is 258 g/mol. The van der Waals surface area contributed by atoms with Gasteiger partial charge < -0.3 is 16.0 Å². The Labute approximate surface area is 113 Å². The minimum atomic E-state index is 0.552. The molecule has 1 saturated carbocycles. The number of anilines is 2. The van der Waals surface area contributed by atoms with Gasteiger partial charge in [-0.25, -0.2) is 4.98 Å². The molecule has 2 unspecified atom stereocenters. The van der Waals surface area contributed by atoms with Crippen LogP contribution < -0.4 is 11.1 Å². The van der Waals surface area contributed by atoms with Crippen molar-refractivity contribution in [1.82, 2.24) is 9.97 Å². The fraction of sp³-hybridized carbons (Fsp3) is 0.533. The highest BCUT2D eigenvalue weighted by atomic mass is 15.1. The molecule has 2 aromatic rings. The van der Waals surface area contributed by atoms with E-state index in [4.69, 9.17) is 5.73 Å². The van der Waals surface area contributed by atoms with Gasteiger partial charge in [0, 0.05) is 11.7 Å². The van der Waals surface area contributed by atoms with E-state index < -0.39 is 0 Å². The summed E-state index contributed by atoms with van der Waals surface area (Å²) < 4.78 is 0. The van der Waals surface area contributed by atoms with Crippen molar-refractivity contribution in [3.63, 3.8) is 0 Å². The number of aromatic nitrogens is 2. The van der Waals surface area contributed by atoms with Crippen LogP contribution in [-0.2, 0) is 0 Å². The van der Waals surface area contributed by atoms with Gasteiger partial charge in [-0.1, -0.05) is 26.2 Å². The minimum absolute atomic E-state index is 0.552. The maximum Gasteiger partial charge on any atom is 0.201 e. The number of imidazole rings is 1. The molecule has 102 valence electrons. The molecule has 1 aliphatic rings. The highest BCUT2D eigenvalue weighted by molar-refractivity contribution is 5.80. The van der Waals surface area contributed by atoms with E-state index >= 15 is 0 Å². The van der Waals surface area contributed by atoms with Crippen molar-refractivity contribution in [3.8, 4) is 0 Å². The van der Waals surface area contributed by atoms with E-state index in [1.165, 1.54) is 32.1 Å². The van der Waals surface area contributed by atoms with E-state index in [-0.39, 0.29) is 0 Å². The van der Waals surface area contributed by atoms with Crippen molar-refractivity contribution in [3.05, 3.63) is 18.2 Å². The van der Waals surface area contributed by atoms with Crippen LogP contribution in [0.25, 0.3) is 11.0 Å². The number of nitrogens with one attached hydrogen (secondary N) is 2. The fourth-order valence-corrected chi connectivity index (χ4v) is 3.08. The Morgan fingerprint density at radius 3 is 3.16 bits per heavy atom. The predicted octanol–water partition coefficient (Wildman–Crippen LogP) is 3.53. The molecule has 0 saturated heterocycles. The van der Waals surface area contributed by atoms with Gasteiger partial charge in [0.1, 0.15) is 0 Å². The summed E-state index contributed by atoms with van der Waals surface area (Å²) in [7, 11) is 0. The van der Waals surface area contributed by atoms with E-state index in [2.05, 4.69) is 22.2 Å². The van der Waals surface area contributed by atoms with Crippen molar-refractivity contribution in [2.24, 2.45) is 5.92 Å². The van der Waals surface area contributed by atoms with Gasteiger partial charge in [-0.15, -0.1) is 0 Å². The Bertz CT molecular complexity index is 560. The third-order valence-corrected chi connectivity index (χ3v) is 4.21. The second-order valence-electron chi connectivity index (χ2n) is 5.64. The first-order chi connectivity index (χ1) is 9.24. The molecule has 4 nitrogen and oxygen atoms in total. The summed E-state index contributed by atoms with van der Waals surface area (Å²) in [5.74, 6) is 1.74. The standard InChI is InChI=1S/C15H22N4/c1-2-10-4-3-5-12(8-10)17-15-18-13-7-6-11(16)9-14(13)19-15/h6-7,9-10,12H,2-5,8,16H2,1H3,(H2,17,18,19). The monoisotopic (exact) mass is 258 g/mol. The smallest absolute Gasteiger partial charge is 0.201 e. The number of hydrogen-bond acceptors (Lipinski definition) is 3. The lowest BCUT2D eigenvalue weighted by Crippen LogP contribution is -2.27. The van der Waals surface area contributed by atoms with Gasteiger partial charge in [0.05, 0.1) is 11.0 Å². The van der Waals surface area contributed by atoms with Crippen LogP contribution >= 0.6 is 0 Å². The number of aromatic amines is 1. The highest BCUT2D eigenvalue weighted by Gasteiger charge is 2.21. The van der Waals surface area contributed by atoms with Crippen LogP contribution in [0.1, 0.15) is 39.0 Å². The molecule has 1 heterocycles. The quantitative estimate of drug-likeness (QED) is 0.738. The van der Waals surface area contributed by atoms with Gasteiger partial charge in [-0.3, -0.25) is 0 Å². The summed E-state index contributed by atoms with van der Waals surface area (Å²) >= 11 is 0. The second kappa shape index (κ2) is 5.11. The molecule has 0 spiro atoms. The minimum Gasteiger partial charge on any atom is -0.399 e. The van der Waals surface area contributed by atoms with Crippen molar-refractivity contribution in [2.75, 3.05) is 11.1 Å². The number of benzene rings is 1. The van der Waals surface area contributed by atoms with Crippen LogP contribution in [0, 0.1) is 5.92 Å². The molecule has 2 atom stereocenters. The Hall–Kier alpha value is -1.71. The molecule has 1 aromatic carbocycles. The molecule has 1 fully saturated rings. The van der Waals surface area contributed by atoms with Gasteiger partial charge in [0.25, 0.3) is 0 Å². The van der Waals surface area contributed by atoms with E-state index in [9.17, 15) is 0 Å². The van der Waals surface area contributed by atoms with Crippen LogP contribution in [0.3, 0.4) is 0 Å². The zero-order valence-electron chi connectivity index (χ0n) is 11.4. The number of nitrogens with zero attached hydrogens (tertiary/aromatic N) is 1. The average Bonchev–Trinajstić information content (AvgIpc) is 2.80. The second-order valence-corrected chi connectivity index (χ2v) is 5.64. The van der Waals surface area contributed by atoms with E-state index in [0.29, 0.717) is 6.04 Å². The third-order valence-electron chi connectivity index (χ3n) is 4.21. The number of nitrogen functional groups attached to an aromatic ring is 1. The van der Waals surface area contributed by atoms with Crippen LogP contribution in [0.15, 0.2) is 18.2 Å². The number of hydrogen-bond donors (Lipinski definition) is 3. The Balaban J connectivity index is 1.74. The van der Waals surface area contributed by atoms with Gasteiger partial charge >= 0.3 is 0 Å². The Morgan fingerprint density at radius 1 is 1.42 bits per heavy atom. The lowest BCUT2D eigenvalue weighted by Gasteiger charge is -2.28. The van der Waals surface area contributed by atoms with Crippen molar-refractivity contribution < 1.29 is 0 Å². The number of rotatable bonds is 3. The number of fused-ring (bicyclic) bond motifs is 1. The van der Waals surface area contributed by atoms with Gasteiger partial charge in [-0.2, -0.15) is 0 Å². The Morgan fingerprint density at radius 2 is 2.32 bits per heavy atom. The van der Waals surface area contributed by atoms with Crippen LogP contribution in [-0.4, -0.2) is 16.0 Å². The number of H-pyrrole nitrogens is 1. The topological polar surface area (TPSA) is 66.7 Å². The summed E-state index contributed by atoms with van der Waals surface area (Å²) in [6.45, 7) is 2.29. The van der Waals surface area contributed by atoms with Crippen LogP contribution in [0.5, 0.6) is 0 Å². The molecule has 19 heavy (non-hydrogen) atoms. The predicted molar refractivity (Wildman–Crippen MR) is 80.2 cm³/mol. The van der Waals surface area contributed by atoms with E-state index in [1.807, 2.05) is 18.2 Å². The maximum atomic E-state index is 5.79. The fourth-order valence-electron chi connectivity index (χ4n) is 3.08. The van der Waals surface area contributed by atoms with Crippen LogP contribution in [0.2, 0.25) is 0 Å². The maximum absolute atomic E-state index is 5.79. The molecular formula is C15H22N4. The van der Waals surface area contributed by atoms with Gasteiger partial charge in [-0.05, 0) is 37.0 Å². The molecule has 3 rings (SSSR count). The largest absolute Gasteiger partial charge is 0.399 e. The van der Waals surface area contributed by atoms with Crippen molar-refractivity contribution in [2.45, 2.75) is 45.1 Å². The van der Waals surface area contributed by atoms with Crippen LogP contribution in [0.4, 0.5) is 11.6 Å². The zero-order valence-corrected chi connectivity index (χ0v) is 11.4. The molecule has 1 aliphatic carbocycles. The molecule has 1 aromatic heterocycles. The lowest BCUT2D eigenvalue weighted by molar-refractivity contribution is 0.326. The molecular weight excluding hydrogens is 236 g/mol. The van der Waals surface area contributed by atoms with E-state index in [1.54, 1.807) is 0 Å². The summed E-state index contributed by atoms with van der Waals surface area (Å²) in [6, 6.07) is 6.34. The molecule has 0 aliphatic heterocycles. The van der Waals surface area contributed by atoms with E-state index in [0.717, 1.165) is 28.6 Å². The normalized spacial score (nSPS) is 23.6. The SMILES string of the molecule is CCC1CCCC(Nc2nc3ccc(N)cc3[nH]2)C1. The molecule has 0 amide bonds. The highest BCUT2D eigenvalue weighted by Crippen LogP contribution is 2.28. The van der Waals surface area contributed by atoms with Gasteiger partial charge in [0.2, 0.25) is 5.95 Å². The third kappa shape index (κ3) is 2.67. The number of nitrogens with two attached hydrogens (primary N) is 1. The lowest BCUT2D eigenvalue weighted by atomic mass is 9.84. The molecule has 0 radical (unpaired) electrons. The molecule has 4 heteroatoms. The molecule has 4 N–H and O–H groups in total. The summed E-state index contributed by atoms with van der Waals surface area (Å²) in [5.41, 5.74) is 8.53. The zero-order chi connectivity index (χ0) is 13.2. The van der Waals surface area contributed by atoms with Crippen molar-refractivity contribution >= 4 is 22.7 Å². The first-order valence-electron chi connectivity index (χ1n) is 7.26. The summed E-state index contributed by atoms with van der Waals surface area (Å²) in [5, 5.41) is 3.55. The first-order valence-corrected chi connectivity index (χ1v) is 7.26. The summed E-state index contributed by atoms with van der Waals surface area (Å²) in [6.07, 6.45) is 6.49. The molecule has 0 bridgehead atoms. The van der Waals surface area contributed by atoms with Crippen molar-refractivity contribution in [1.29, 1.82) is 0 Å². The first kappa shape index (κ1) is 12.3. The summed E-state index contributed by atoms with van der Waals surface area (Å²) in [4.78, 5) is 7.89. The Kier molecular flexibility index (Phi) is 3.32. The van der Waals surface area contributed by atoms with Gasteiger partial charge in [0.15, 0.2) is 0 Å².